The molecule has 0 aromatic heterocycles. The minimum absolute atomic E-state index is 0.127. The number of methoxy groups -OCH3 is 1. The van der Waals surface area contributed by atoms with Crippen molar-refractivity contribution in [1.29, 1.82) is 0 Å². The molecule has 3 aromatic carbocycles. The Morgan fingerprint density at radius 2 is 1.02 bits per heavy atom. The van der Waals surface area contributed by atoms with Crippen molar-refractivity contribution in [1.82, 2.24) is 4.90 Å². The van der Waals surface area contributed by atoms with Gasteiger partial charge in [-0.3, -0.25) is 28.9 Å². The lowest BCUT2D eigenvalue weighted by Gasteiger charge is -2.49. The molecule has 17 heteroatoms. The Morgan fingerprint density at radius 3 is 1.51 bits per heavy atom. The van der Waals surface area contributed by atoms with Crippen LogP contribution in [0.3, 0.4) is 0 Å². The van der Waals surface area contributed by atoms with E-state index in [4.69, 9.17) is 52.1 Å². The number of esters is 3. The van der Waals surface area contributed by atoms with Gasteiger partial charge in [-0.1, -0.05) is 91.0 Å². The second-order valence-corrected chi connectivity index (χ2v) is 14.5. The zero-order valence-corrected chi connectivity index (χ0v) is 34.4. The fourth-order valence-electron chi connectivity index (χ4n) is 7.39. The molecule has 61 heavy (non-hydrogen) atoms. The standard InChI is InChI=1S/C44H51NO16/c1-27(46)53-23-34-39(58-28(2)47)40(59-29(3)48)37(45-35(49)25-52-26-36(45)50)43(60-34)57-24-33-38(54-20-30-14-8-5-9-15-30)41(55-21-31-16-10-6-11-17-31)42(44(51-4)61-33)56-22-32-18-12-7-13-19-32/h5-19,33-34,37-44H,20-26H2,1-4H3/t33-,34-,37-,38-,39-,40-,41+,42-,43-,44+/m1/s1. The van der Waals surface area contributed by atoms with Crippen molar-refractivity contribution in [3.05, 3.63) is 108 Å². The molecule has 3 aliphatic rings. The van der Waals surface area contributed by atoms with Crippen molar-refractivity contribution in [2.24, 2.45) is 0 Å². The number of imide groups is 1. The Kier molecular flexibility index (Phi) is 16.5. The Bertz CT molecular complexity index is 1880. The SMILES string of the molecule is CO[C@H]1O[C@H](CO[C@@H]2O[C@H](COC(C)=O)[C@@H](OC(C)=O)[C@H](OC(C)=O)[C@H]2N2C(=O)COCC2=O)[C@@H](OCc2ccccc2)[C@H](OCc2ccccc2)[C@H]1OCc1ccccc1. The van der Waals surface area contributed by atoms with Crippen molar-refractivity contribution in [2.45, 2.75) is 102 Å². The Hall–Kier alpha value is -5.11. The molecule has 10 atom stereocenters. The van der Waals surface area contributed by atoms with Crippen LogP contribution in [0.4, 0.5) is 0 Å². The molecular formula is C44H51NO16. The van der Waals surface area contributed by atoms with Crippen LogP contribution in [0.5, 0.6) is 0 Å². The molecule has 0 saturated carbocycles. The van der Waals surface area contributed by atoms with Gasteiger partial charge in [-0.15, -0.1) is 0 Å². The molecule has 3 saturated heterocycles. The van der Waals surface area contributed by atoms with Crippen LogP contribution in [-0.4, -0.2) is 130 Å². The molecule has 6 rings (SSSR count). The van der Waals surface area contributed by atoms with E-state index in [1.807, 2.05) is 91.0 Å². The molecule has 3 heterocycles. The highest BCUT2D eigenvalue weighted by molar-refractivity contribution is 5.98. The molecule has 328 valence electrons. The maximum Gasteiger partial charge on any atom is 0.303 e. The van der Waals surface area contributed by atoms with Crippen LogP contribution < -0.4 is 0 Å². The van der Waals surface area contributed by atoms with Gasteiger partial charge in [-0.05, 0) is 16.7 Å². The summed E-state index contributed by atoms with van der Waals surface area (Å²) in [5, 5.41) is 0. The first-order valence-electron chi connectivity index (χ1n) is 19.8. The summed E-state index contributed by atoms with van der Waals surface area (Å²) >= 11 is 0. The predicted molar refractivity (Wildman–Crippen MR) is 210 cm³/mol. The Balaban J connectivity index is 1.37. The molecule has 0 aliphatic carbocycles. The minimum Gasteiger partial charge on any atom is -0.463 e. The van der Waals surface area contributed by atoms with Gasteiger partial charge >= 0.3 is 17.9 Å². The van der Waals surface area contributed by atoms with E-state index in [1.165, 1.54) is 14.0 Å². The minimum atomic E-state index is -1.59. The van der Waals surface area contributed by atoms with E-state index in [0.717, 1.165) is 35.4 Å². The van der Waals surface area contributed by atoms with Crippen LogP contribution in [0, 0.1) is 0 Å². The van der Waals surface area contributed by atoms with Gasteiger partial charge in [0.05, 0.1) is 26.4 Å². The van der Waals surface area contributed by atoms with Crippen molar-refractivity contribution in [2.75, 3.05) is 33.5 Å². The maximum absolute atomic E-state index is 13.5. The van der Waals surface area contributed by atoms with E-state index in [2.05, 4.69) is 0 Å². The summed E-state index contributed by atoms with van der Waals surface area (Å²) in [4.78, 5) is 64.9. The predicted octanol–water partition coefficient (Wildman–Crippen LogP) is 3.04. The van der Waals surface area contributed by atoms with E-state index in [9.17, 15) is 24.0 Å². The van der Waals surface area contributed by atoms with Gasteiger partial charge in [-0.25, -0.2) is 0 Å². The number of rotatable bonds is 18. The largest absolute Gasteiger partial charge is 0.463 e. The Morgan fingerprint density at radius 1 is 0.557 bits per heavy atom. The number of ether oxygens (including phenoxy) is 11. The molecular weight excluding hydrogens is 798 g/mol. The number of carbonyl (C=O) groups is 5. The molecule has 3 aromatic rings. The number of carbonyl (C=O) groups excluding carboxylic acids is 5. The van der Waals surface area contributed by atoms with Crippen LogP contribution in [0.15, 0.2) is 91.0 Å². The van der Waals surface area contributed by atoms with Crippen molar-refractivity contribution >= 4 is 29.7 Å². The first kappa shape index (κ1) is 45.4. The number of nitrogens with zero attached hydrogens (tertiary/aromatic N) is 1. The van der Waals surface area contributed by atoms with Crippen LogP contribution in [0.25, 0.3) is 0 Å². The summed E-state index contributed by atoms with van der Waals surface area (Å²) in [6.45, 7) is 2.08. The van der Waals surface area contributed by atoms with Gasteiger partial charge in [0.2, 0.25) is 0 Å². The highest BCUT2D eigenvalue weighted by atomic mass is 16.7. The zero-order valence-electron chi connectivity index (χ0n) is 34.4. The molecule has 0 radical (unpaired) electrons. The average Bonchev–Trinajstić information content (AvgIpc) is 3.25. The first-order valence-corrected chi connectivity index (χ1v) is 19.8. The van der Waals surface area contributed by atoms with Gasteiger partial charge in [0.25, 0.3) is 11.8 Å². The fourth-order valence-corrected chi connectivity index (χ4v) is 7.39. The third-order valence-corrected chi connectivity index (χ3v) is 10.1. The summed E-state index contributed by atoms with van der Waals surface area (Å²) in [6.07, 6.45) is -10.5. The second-order valence-electron chi connectivity index (χ2n) is 14.5. The average molecular weight is 850 g/mol. The third kappa shape index (κ3) is 12.3. The van der Waals surface area contributed by atoms with Crippen molar-refractivity contribution in [3.63, 3.8) is 0 Å². The molecule has 0 N–H and O–H groups in total. The highest BCUT2D eigenvalue weighted by Gasteiger charge is 2.57. The smallest absolute Gasteiger partial charge is 0.303 e. The van der Waals surface area contributed by atoms with Crippen molar-refractivity contribution < 1.29 is 76.1 Å². The van der Waals surface area contributed by atoms with Gasteiger partial charge < -0.3 is 52.1 Å². The molecule has 2 amide bonds. The number of hydrogen-bond donors (Lipinski definition) is 0. The maximum atomic E-state index is 13.5. The number of hydrogen-bond acceptors (Lipinski definition) is 16. The molecule has 3 aliphatic heterocycles. The Labute approximate surface area is 353 Å². The second kappa shape index (κ2) is 22.1. The zero-order chi connectivity index (χ0) is 43.3. The summed E-state index contributed by atoms with van der Waals surface area (Å²) in [5.41, 5.74) is 2.64. The summed E-state index contributed by atoms with van der Waals surface area (Å²) in [5.74, 6) is -3.90. The molecule has 3 fully saturated rings. The lowest BCUT2D eigenvalue weighted by Crippen LogP contribution is -2.70. The topological polar surface area (TPSA) is 190 Å². The van der Waals surface area contributed by atoms with Gasteiger partial charge in [-0.2, -0.15) is 0 Å². The molecule has 17 nitrogen and oxygen atoms in total. The van der Waals surface area contributed by atoms with Gasteiger partial charge in [0.1, 0.15) is 56.4 Å². The lowest BCUT2D eigenvalue weighted by molar-refractivity contribution is -0.337. The quantitative estimate of drug-likeness (QED) is 0.103. The van der Waals surface area contributed by atoms with E-state index >= 15 is 0 Å². The number of amides is 2. The van der Waals surface area contributed by atoms with E-state index in [0.29, 0.717) is 0 Å². The molecule has 0 unspecified atom stereocenters. The monoisotopic (exact) mass is 849 g/mol. The first-order chi connectivity index (χ1) is 29.5. The van der Waals surface area contributed by atoms with Crippen LogP contribution in [-0.2, 0) is 95.9 Å². The summed E-state index contributed by atoms with van der Waals surface area (Å²) < 4.78 is 67.0. The summed E-state index contributed by atoms with van der Waals surface area (Å²) in [6, 6.07) is 27.1. The number of benzene rings is 3. The molecule has 0 bridgehead atoms. The van der Waals surface area contributed by atoms with Gasteiger partial charge in [0, 0.05) is 27.9 Å². The fraction of sp³-hybridized carbons (Fsp3) is 0.477. The molecule has 0 spiro atoms. The highest BCUT2D eigenvalue weighted by Crippen LogP contribution is 2.35. The third-order valence-electron chi connectivity index (χ3n) is 10.1. The van der Waals surface area contributed by atoms with Crippen molar-refractivity contribution in [3.8, 4) is 0 Å². The van der Waals surface area contributed by atoms with Crippen LogP contribution in [0.1, 0.15) is 37.5 Å². The lowest BCUT2D eigenvalue weighted by atomic mass is 9.94. The van der Waals surface area contributed by atoms with Crippen LogP contribution in [0.2, 0.25) is 0 Å². The van der Waals surface area contributed by atoms with Gasteiger partial charge in [0.15, 0.2) is 24.8 Å². The van der Waals surface area contributed by atoms with E-state index in [1.54, 1.807) is 0 Å². The summed E-state index contributed by atoms with van der Waals surface area (Å²) in [7, 11) is 1.47. The number of morpholine rings is 1. The van der Waals surface area contributed by atoms with E-state index < -0.39 is 111 Å². The van der Waals surface area contributed by atoms with E-state index in [-0.39, 0.29) is 26.4 Å². The normalized spacial score (nSPS) is 27.9. The van der Waals surface area contributed by atoms with Crippen LogP contribution >= 0.6 is 0 Å².